The highest BCUT2D eigenvalue weighted by molar-refractivity contribution is 6.36. The number of fused-ring (bicyclic) bond motifs is 1. The Labute approximate surface area is 206 Å². The van der Waals surface area contributed by atoms with E-state index in [1.807, 2.05) is 41.0 Å². The van der Waals surface area contributed by atoms with Crippen molar-refractivity contribution in [2.24, 2.45) is 0 Å². The van der Waals surface area contributed by atoms with E-state index in [2.05, 4.69) is 16.0 Å². The number of hydrogen-bond acceptors (Lipinski definition) is 6. The molecule has 5 amide bonds. The van der Waals surface area contributed by atoms with E-state index in [-0.39, 0.29) is 30.8 Å². The van der Waals surface area contributed by atoms with Crippen molar-refractivity contribution in [1.29, 1.82) is 0 Å². The molecule has 0 radical (unpaired) electrons. The summed E-state index contributed by atoms with van der Waals surface area (Å²) in [6, 6.07) is 7.12. The monoisotopic (exact) mass is 494 g/mol. The van der Waals surface area contributed by atoms with E-state index in [1.54, 1.807) is 7.05 Å². The third kappa shape index (κ3) is 3.16. The highest BCUT2D eigenvalue weighted by atomic mass is 35.5. The lowest BCUT2D eigenvalue weighted by atomic mass is 9.95. The summed E-state index contributed by atoms with van der Waals surface area (Å²) in [6.07, 6.45) is 0.848. The zero-order valence-corrected chi connectivity index (χ0v) is 20.0. The smallest absolute Gasteiger partial charge is 0.324 e. The van der Waals surface area contributed by atoms with Gasteiger partial charge in [-0.05, 0) is 41.8 Å². The lowest BCUT2D eigenvalue weighted by Gasteiger charge is -2.27. The number of likely N-dealkylation sites (N-methyl/N-ethyl adjacent to an activating group) is 1. The Balaban J connectivity index is 1.19. The molecule has 2 aromatic carbocycles. The molecule has 3 heterocycles. The standard InChI is InChI=1S/C24H23ClN6O4/c1-12-5-16-21-20(19(12)25)27-18(33)10-31(21)11-30(16)9-17(32)26-15-4-3-13-7-24(8-14(13)6-15)22(34)28-23(35)29(24)2/h3-6H,7-11H2,1-2H3,(H,26,32)(H,27,33)(H,28,34,35). The molecular formula is C24H23ClN6O4. The maximum atomic E-state index is 13.0. The van der Waals surface area contributed by atoms with Crippen LogP contribution in [-0.2, 0) is 27.2 Å². The first-order valence-electron chi connectivity index (χ1n) is 11.3. The van der Waals surface area contributed by atoms with Gasteiger partial charge in [0.2, 0.25) is 11.8 Å². The number of hydrogen-bond donors (Lipinski definition) is 3. The number of aryl methyl sites for hydroxylation is 1. The topological polar surface area (TPSA) is 114 Å². The normalized spacial score (nSPS) is 21.9. The molecule has 35 heavy (non-hydrogen) atoms. The van der Waals surface area contributed by atoms with Crippen LogP contribution < -0.4 is 25.8 Å². The van der Waals surface area contributed by atoms with E-state index in [0.717, 1.165) is 28.1 Å². The number of nitrogens with one attached hydrogen (secondary N) is 3. The zero-order chi connectivity index (χ0) is 24.6. The molecule has 3 aliphatic heterocycles. The van der Waals surface area contributed by atoms with Gasteiger partial charge in [0.25, 0.3) is 5.91 Å². The SMILES string of the molecule is Cc1cc2c3c(c1Cl)NC(=O)CN3CN2CC(=O)Nc1ccc2c(c1)CC1(C2)C(=O)NC(=O)N1C. The fourth-order valence-electron chi connectivity index (χ4n) is 5.56. The van der Waals surface area contributed by atoms with Gasteiger partial charge in [-0.1, -0.05) is 17.7 Å². The minimum atomic E-state index is -0.903. The maximum Gasteiger partial charge on any atom is 0.324 e. The van der Waals surface area contributed by atoms with Gasteiger partial charge in [0.15, 0.2) is 0 Å². The highest BCUT2D eigenvalue weighted by Gasteiger charge is 2.54. The van der Waals surface area contributed by atoms with Crippen LogP contribution in [0.4, 0.5) is 27.5 Å². The maximum absolute atomic E-state index is 13.0. The van der Waals surface area contributed by atoms with Crippen LogP contribution in [0.25, 0.3) is 0 Å². The van der Waals surface area contributed by atoms with Crippen molar-refractivity contribution >= 4 is 58.1 Å². The van der Waals surface area contributed by atoms with Crippen LogP contribution in [0, 0.1) is 6.92 Å². The minimum absolute atomic E-state index is 0.0961. The Bertz CT molecular complexity index is 1360. The summed E-state index contributed by atoms with van der Waals surface area (Å²) in [6.45, 7) is 2.58. The quantitative estimate of drug-likeness (QED) is 0.561. The van der Waals surface area contributed by atoms with Crippen LogP contribution in [0.2, 0.25) is 5.02 Å². The van der Waals surface area contributed by atoms with Gasteiger partial charge in [-0.2, -0.15) is 0 Å². The van der Waals surface area contributed by atoms with E-state index in [1.165, 1.54) is 4.90 Å². The summed E-state index contributed by atoms with van der Waals surface area (Å²) < 4.78 is 0. The molecule has 0 bridgehead atoms. The number of rotatable bonds is 3. The van der Waals surface area contributed by atoms with Crippen LogP contribution >= 0.6 is 11.6 Å². The average Bonchev–Trinajstić information content (AvgIpc) is 3.41. The molecule has 11 heteroatoms. The van der Waals surface area contributed by atoms with Gasteiger partial charge in [0, 0.05) is 25.6 Å². The first kappa shape index (κ1) is 21.7. The van der Waals surface area contributed by atoms with Gasteiger partial charge in [0.1, 0.15) is 5.54 Å². The van der Waals surface area contributed by atoms with Crippen LogP contribution in [0.15, 0.2) is 24.3 Å². The van der Waals surface area contributed by atoms with Crippen LogP contribution in [0.5, 0.6) is 0 Å². The zero-order valence-electron chi connectivity index (χ0n) is 19.2. The first-order chi connectivity index (χ1) is 16.7. The van der Waals surface area contributed by atoms with Gasteiger partial charge in [-0.3, -0.25) is 19.7 Å². The van der Waals surface area contributed by atoms with Gasteiger partial charge in [-0.25, -0.2) is 4.79 Å². The second-order valence-corrected chi connectivity index (χ2v) is 9.95. The molecule has 1 saturated heterocycles. The number of anilines is 4. The van der Waals surface area contributed by atoms with Crippen molar-refractivity contribution in [3.63, 3.8) is 0 Å². The lowest BCUT2D eigenvalue weighted by Crippen LogP contribution is -2.48. The van der Waals surface area contributed by atoms with E-state index >= 15 is 0 Å². The summed E-state index contributed by atoms with van der Waals surface area (Å²) in [7, 11) is 1.63. The average molecular weight is 495 g/mol. The van der Waals surface area contributed by atoms with Crippen molar-refractivity contribution in [2.45, 2.75) is 25.3 Å². The van der Waals surface area contributed by atoms with E-state index in [9.17, 15) is 19.2 Å². The molecule has 1 fully saturated rings. The number of urea groups is 1. The predicted molar refractivity (Wildman–Crippen MR) is 131 cm³/mol. The molecule has 0 saturated carbocycles. The van der Waals surface area contributed by atoms with Gasteiger partial charge >= 0.3 is 6.03 Å². The number of imide groups is 1. The largest absolute Gasteiger partial charge is 0.343 e. The fraction of sp³-hybridized carbons (Fsp3) is 0.333. The molecule has 1 atom stereocenters. The van der Waals surface area contributed by atoms with Crippen LogP contribution in [-0.4, -0.2) is 61.0 Å². The minimum Gasteiger partial charge on any atom is -0.343 e. The number of carbonyl (C=O) groups is 4. The number of carbonyl (C=O) groups excluding carboxylic acids is 4. The number of amides is 5. The Hall–Kier alpha value is -3.79. The molecule has 10 nitrogen and oxygen atoms in total. The molecule has 0 aromatic heterocycles. The van der Waals surface area contributed by atoms with E-state index in [0.29, 0.717) is 35.9 Å². The molecule has 1 aliphatic carbocycles. The predicted octanol–water partition coefficient (Wildman–Crippen LogP) is 1.84. The fourth-order valence-corrected chi connectivity index (χ4v) is 5.75. The van der Waals surface area contributed by atoms with Crippen molar-refractivity contribution < 1.29 is 19.2 Å². The molecule has 1 spiro atoms. The van der Waals surface area contributed by atoms with Crippen molar-refractivity contribution in [3.8, 4) is 0 Å². The molecule has 2 aromatic rings. The summed E-state index contributed by atoms with van der Waals surface area (Å²) >= 11 is 6.43. The number of nitrogens with zero attached hydrogens (tertiary/aromatic N) is 3. The van der Waals surface area contributed by atoms with Crippen LogP contribution in [0.1, 0.15) is 16.7 Å². The van der Waals surface area contributed by atoms with Crippen LogP contribution in [0.3, 0.4) is 0 Å². The number of halogens is 1. The van der Waals surface area contributed by atoms with Gasteiger partial charge in [-0.15, -0.1) is 0 Å². The van der Waals surface area contributed by atoms with Gasteiger partial charge < -0.3 is 25.3 Å². The van der Waals surface area contributed by atoms with E-state index in [4.69, 9.17) is 11.6 Å². The molecule has 6 rings (SSSR count). The van der Waals surface area contributed by atoms with Crippen molar-refractivity contribution in [1.82, 2.24) is 10.2 Å². The molecular weight excluding hydrogens is 472 g/mol. The number of benzene rings is 2. The second-order valence-electron chi connectivity index (χ2n) is 9.57. The Morgan fingerprint density at radius 3 is 2.66 bits per heavy atom. The summed E-state index contributed by atoms with van der Waals surface area (Å²) in [5.41, 5.74) is 4.75. The molecule has 3 N–H and O–H groups in total. The summed E-state index contributed by atoms with van der Waals surface area (Å²) in [5, 5.41) is 8.70. The first-order valence-corrected chi connectivity index (χ1v) is 11.7. The molecule has 4 aliphatic rings. The Kier molecular flexibility index (Phi) is 4.56. The molecule has 1 unspecified atom stereocenters. The van der Waals surface area contributed by atoms with Gasteiger partial charge in [0.05, 0.1) is 41.8 Å². The summed E-state index contributed by atoms with van der Waals surface area (Å²) in [4.78, 5) is 54.9. The third-order valence-corrected chi connectivity index (χ3v) is 7.86. The van der Waals surface area contributed by atoms with Crippen molar-refractivity contribution in [2.75, 3.05) is 47.2 Å². The summed E-state index contributed by atoms with van der Waals surface area (Å²) in [5.74, 6) is -0.630. The van der Waals surface area contributed by atoms with E-state index < -0.39 is 11.6 Å². The Morgan fingerprint density at radius 2 is 1.91 bits per heavy atom. The second kappa shape index (κ2) is 7.35. The van der Waals surface area contributed by atoms with Crippen molar-refractivity contribution in [3.05, 3.63) is 46.0 Å². The third-order valence-electron chi connectivity index (χ3n) is 7.38. The molecule has 180 valence electrons. The Morgan fingerprint density at radius 1 is 1.14 bits per heavy atom. The highest BCUT2D eigenvalue weighted by Crippen LogP contribution is 2.48. The lowest BCUT2D eigenvalue weighted by molar-refractivity contribution is -0.125.